The first-order valence-corrected chi connectivity index (χ1v) is 9.09. The lowest BCUT2D eigenvalue weighted by atomic mass is 10.1. The van der Waals surface area contributed by atoms with E-state index in [0.717, 1.165) is 38.1 Å². The van der Waals surface area contributed by atoms with Crippen molar-refractivity contribution in [3.63, 3.8) is 0 Å². The summed E-state index contributed by atoms with van der Waals surface area (Å²) in [5.74, 6) is 1.80. The number of likely N-dealkylation sites (tertiary alicyclic amines) is 1. The van der Waals surface area contributed by atoms with Gasteiger partial charge in [0.25, 0.3) is 0 Å². The molecule has 1 saturated heterocycles. The van der Waals surface area contributed by atoms with Gasteiger partial charge < -0.3 is 20.3 Å². The fourth-order valence-corrected chi connectivity index (χ4v) is 2.92. The molecule has 128 valence electrons. The van der Waals surface area contributed by atoms with Crippen LogP contribution in [0.25, 0.3) is 0 Å². The van der Waals surface area contributed by atoms with Gasteiger partial charge in [-0.15, -0.1) is 0 Å². The standard InChI is InChI=1S/C17H34N4O/c1-3-10-21-11-7-16(8-12-21)20-17(18-2)19-9-4-13-22-14-15-5-6-15/h15-16H,3-14H2,1-2H3,(H2,18,19,20). The molecule has 0 amide bonds. The summed E-state index contributed by atoms with van der Waals surface area (Å²) in [6, 6.07) is 0.561. The Morgan fingerprint density at radius 1 is 1.23 bits per heavy atom. The van der Waals surface area contributed by atoms with Crippen LogP contribution < -0.4 is 10.6 Å². The molecule has 1 aliphatic heterocycles. The number of aliphatic imine (C=N–C) groups is 1. The van der Waals surface area contributed by atoms with Gasteiger partial charge in [0.05, 0.1) is 0 Å². The van der Waals surface area contributed by atoms with E-state index in [1.807, 2.05) is 7.05 Å². The third-order valence-electron chi connectivity index (χ3n) is 4.50. The maximum Gasteiger partial charge on any atom is 0.191 e. The molecule has 5 nitrogen and oxygen atoms in total. The number of ether oxygens (including phenoxy) is 1. The fourth-order valence-electron chi connectivity index (χ4n) is 2.92. The zero-order valence-electron chi connectivity index (χ0n) is 14.4. The molecule has 0 spiro atoms. The Labute approximate surface area is 135 Å². The van der Waals surface area contributed by atoms with Gasteiger partial charge in [0.15, 0.2) is 5.96 Å². The molecule has 22 heavy (non-hydrogen) atoms. The van der Waals surface area contributed by atoms with Crippen LogP contribution in [0, 0.1) is 5.92 Å². The third kappa shape index (κ3) is 6.97. The largest absolute Gasteiger partial charge is 0.381 e. The van der Waals surface area contributed by atoms with Crippen LogP contribution in [0.5, 0.6) is 0 Å². The van der Waals surface area contributed by atoms with E-state index in [9.17, 15) is 0 Å². The minimum atomic E-state index is 0.561. The second kappa shape index (κ2) is 10.1. The second-order valence-corrected chi connectivity index (χ2v) is 6.63. The van der Waals surface area contributed by atoms with Crippen molar-refractivity contribution in [1.29, 1.82) is 0 Å². The summed E-state index contributed by atoms with van der Waals surface area (Å²) in [4.78, 5) is 6.89. The summed E-state index contributed by atoms with van der Waals surface area (Å²) in [7, 11) is 1.85. The van der Waals surface area contributed by atoms with Crippen LogP contribution in [0.1, 0.15) is 45.4 Å². The van der Waals surface area contributed by atoms with Crippen LogP contribution in [-0.4, -0.2) is 63.3 Å². The van der Waals surface area contributed by atoms with E-state index in [0.29, 0.717) is 6.04 Å². The van der Waals surface area contributed by atoms with Crippen LogP contribution in [0.2, 0.25) is 0 Å². The summed E-state index contributed by atoms with van der Waals surface area (Å²) in [6.07, 6.45) is 7.46. The van der Waals surface area contributed by atoms with Gasteiger partial charge in [-0.3, -0.25) is 4.99 Å². The lowest BCUT2D eigenvalue weighted by molar-refractivity contribution is 0.123. The monoisotopic (exact) mass is 310 g/mol. The summed E-state index contributed by atoms with van der Waals surface area (Å²) in [5.41, 5.74) is 0. The van der Waals surface area contributed by atoms with Gasteiger partial charge in [-0.2, -0.15) is 0 Å². The first-order chi connectivity index (χ1) is 10.8. The molecule has 0 atom stereocenters. The van der Waals surface area contributed by atoms with Gasteiger partial charge in [0.1, 0.15) is 0 Å². The van der Waals surface area contributed by atoms with E-state index in [-0.39, 0.29) is 0 Å². The van der Waals surface area contributed by atoms with E-state index < -0.39 is 0 Å². The van der Waals surface area contributed by atoms with Gasteiger partial charge >= 0.3 is 0 Å². The van der Waals surface area contributed by atoms with Crippen LogP contribution in [0.4, 0.5) is 0 Å². The maximum atomic E-state index is 5.65. The van der Waals surface area contributed by atoms with Crippen molar-refractivity contribution in [3.05, 3.63) is 0 Å². The molecule has 2 fully saturated rings. The maximum absolute atomic E-state index is 5.65. The van der Waals surface area contributed by atoms with E-state index in [1.165, 1.54) is 51.7 Å². The highest BCUT2D eigenvalue weighted by Crippen LogP contribution is 2.28. The molecule has 5 heteroatoms. The SMILES string of the molecule is CCCN1CCC(NC(=NC)NCCCOCC2CC2)CC1. The Morgan fingerprint density at radius 2 is 2.00 bits per heavy atom. The third-order valence-corrected chi connectivity index (χ3v) is 4.50. The first kappa shape index (κ1) is 17.5. The Kier molecular flexibility index (Phi) is 8.02. The molecule has 2 rings (SSSR count). The Bertz CT molecular complexity index is 323. The van der Waals surface area contributed by atoms with Crippen molar-refractivity contribution in [2.24, 2.45) is 10.9 Å². The highest BCUT2D eigenvalue weighted by Gasteiger charge is 2.21. The number of hydrogen-bond donors (Lipinski definition) is 2. The Balaban J connectivity index is 1.51. The topological polar surface area (TPSA) is 48.9 Å². The normalized spacial score (nSPS) is 21.1. The molecular formula is C17H34N4O. The lowest BCUT2D eigenvalue weighted by Crippen LogP contribution is -2.49. The zero-order valence-corrected chi connectivity index (χ0v) is 14.4. The predicted octanol–water partition coefficient (Wildman–Crippen LogP) is 1.84. The molecule has 0 unspecified atom stereocenters. The molecule has 1 saturated carbocycles. The van der Waals surface area contributed by atoms with Gasteiger partial charge in [-0.25, -0.2) is 0 Å². The van der Waals surface area contributed by atoms with E-state index in [4.69, 9.17) is 4.74 Å². The van der Waals surface area contributed by atoms with Crippen molar-refractivity contribution in [2.75, 3.05) is 46.4 Å². The minimum absolute atomic E-state index is 0.561. The highest BCUT2D eigenvalue weighted by atomic mass is 16.5. The fraction of sp³-hybridized carbons (Fsp3) is 0.941. The molecule has 0 radical (unpaired) electrons. The van der Waals surface area contributed by atoms with Gasteiger partial charge in [0.2, 0.25) is 0 Å². The summed E-state index contributed by atoms with van der Waals surface area (Å²) in [6.45, 7) is 8.65. The summed E-state index contributed by atoms with van der Waals surface area (Å²) in [5, 5.41) is 6.96. The van der Waals surface area contributed by atoms with Crippen LogP contribution in [0.3, 0.4) is 0 Å². The number of guanidine groups is 1. The van der Waals surface area contributed by atoms with Gasteiger partial charge in [-0.1, -0.05) is 6.92 Å². The van der Waals surface area contributed by atoms with Crippen LogP contribution in [0.15, 0.2) is 4.99 Å². The smallest absolute Gasteiger partial charge is 0.191 e. The van der Waals surface area contributed by atoms with Gasteiger partial charge in [-0.05, 0) is 51.0 Å². The van der Waals surface area contributed by atoms with E-state index in [1.54, 1.807) is 0 Å². The van der Waals surface area contributed by atoms with E-state index in [2.05, 4.69) is 27.4 Å². The van der Waals surface area contributed by atoms with Gasteiger partial charge in [0, 0.05) is 45.9 Å². The summed E-state index contributed by atoms with van der Waals surface area (Å²) >= 11 is 0. The van der Waals surface area contributed by atoms with Crippen LogP contribution >= 0.6 is 0 Å². The van der Waals surface area contributed by atoms with Crippen LogP contribution in [-0.2, 0) is 4.74 Å². The number of hydrogen-bond acceptors (Lipinski definition) is 3. The molecular weight excluding hydrogens is 276 g/mol. The number of nitrogens with one attached hydrogen (secondary N) is 2. The highest BCUT2D eigenvalue weighted by molar-refractivity contribution is 5.79. The Morgan fingerprint density at radius 3 is 2.64 bits per heavy atom. The Hall–Kier alpha value is -0.810. The zero-order chi connectivity index (χ0) is 15.6. The molecule has 0 aromatic carbocycles. The van der Waals surface area contributed by atoms with Crippen molar-refractivity contribution in [1.82, 2.24) is 15.5 Å². The molecule has 2 aliphatic rings. The average Bonchev–Trinajstić information content (AvgIpc) is 3.35. The number of nitrogens with zero attached hydrogens (tertiary/aromatic N) is 2. The predicted molar refractivity (Wildman–Crippen MR) is 92.4 cm³/mol. The molecule has 2 N–H and O–H groups in total. The molecule has 0 aromatic heterocycles. The van der Waals surface area contributed by atoms with Crippen molar-refractivity contribution >= 4 is 5.96 Å². The van der Waals surface area contributed by atoms with E-state index >= 15 is 0 Å². The number of rotatable bonds is 9. The van der Waals surface area contributed by atoms with Crippen molar-refractivity contribution < 1.29 is 4.74 Å². The first-order valence-electron chi connectivity index (χ1n) is 9.09. The quantitative estimate of drug-likeness (QED) is 0.388. The molecule has 0 bridgehead atoms. The molecule has 1 heterocycles. The molecule has 1 aliphatic carbocycles. The average molecular weight is 310 g/mol. The minimum Gasteiger partial charge on any atom is -0.381 e. The lowest BCUT2D eigenvalue weighted by Gasteiger charge is -2.32. The number of piperidine rings is 1. The molecule has 0 aromatic rings. The second-order valence-electron chi connectivity index (χ2n) is 6.63. The van der Waals surface area contributed by atoms with Crippen molar-refractivity contribution in [3.8, 4) is 0 Å². The van der Waals surface area contributed by atoms with Crippen molar-refractivity contribution in [2.45, 2.75) is 51.5 Å². The summed E-state index contributed by atoms with van der Waals surface area (Å²) < 4.78 is 5.65.